The molecule has 0 spiro atoms. The van der Waals surface area contributed by atoms with Crippen LogP contribution in [0.2, 0.25) is 0 Å². The van der Waals surface area contributed by atoms with E-state index in [1.807, 2.05) is 17.9 Å². The number of likely N-dealkylation sites (tertiary alicyclic amines) is 1. The lowest BCUT2D eigenvalue weighted by Gasteiger charge is -2.39. The normalized spacial score (nSPS) is 24.6. The summed E-state index contributed by atoms with van der Waals surface area (Å²) in [6, 6.07) is 3.04. The average Bonchev–Trinajstić information content (AvgIpc) is 2.74. The Bertz CT molecular complexity index is 442. The number of hydrogen-bond donors (Lipinski definition) is 1. The van der Waals surface area contributed by atoms with Gasteiger partial charge in [-0.2, -0.15) is 13.2 Å². The van der Waals surface area contributed by atoms with Crippen molar-refractivity contribution < 1.29 is 17.6 Å². The van der Waals surface area contributed by atoms with E-state index in [9.17, 15) is 13.2 Å². The molecule has 0 aromatic carbocycles. The molecule has 1 aromatic rings. The highest BCUT2D eigenvalue weighted by atomic mass is 19.4. The Hall–Kier alpha value is -1.01. The molecule has 114 valence electrons. The number of piperidine rings is 1. The van der Waals surface area contributed by atoms with E-state index in [1.54, 1.807) is 13.0 Å². The van der Waals surface area contributed by atoms with Gasteiger partial charge in [0.15, 0.2) is 0 Å². The van der Waals surface area contributed by atoms with Gasteiger partial charge in [-0.05, 0) is 45.4 Å². The smallest absolute Gasteiger partial charge is 0.393 e. The van der Waals surface area contributed by atoms with E-state index in [-0.39, 0.29) is 25.0 Å². The summed E-state index contributed by atoms with van der Waals surface area (Å²) in [5, 5.41) is 0. The van der Waals surface area contributed by atoms with E-state index in [0.29, 0.717) is 18.7 Å². The molecule has 2 rings (SSSR count). The summed E-state index contributed by atoms with van der Waals surface area (Å²) in [4.78, 5) is 1.81. The van der Waals surface area contributed by atoms with Gasteiger partial charge in [-0.25, -0.2) is 0 Å². The molecule has 1 aliphatic rings. The molecule has 3 unspecified atom stereocenters. The average molecular weight is 290 g/mol. The number of halogens is 3. The third kappa shape index (κ3) is 3.35. The van der Waals surface area contributed by atoms with Crippen molar-refractivity contribution in [1.29, 1.82) is 0 Å². The zero-order chi connectivity index (χ0) is 14.9. The number of aryl methyl sites for hydroxylation is 1. The quantitative estimate of drug-likeness (QED) is 0.929. The first-order chi connectivity index (χ1) is 9.29. The second kappa shape index (κ2) is 5.77. The summed E-state index contributed by atoms with van der Waals surface area (Å²) in [7, 11) is 0. The lowest BCUT2D eigenvalue weighted by atomic mass is 9.94. The summed E-state index contributed by atoms with van der Waals surface area (Å²) < 4.78 is 44.3. The number of alkyl halides is 3. The Morgan fingerprint density at radius 1 is 1.40 bits per heavy atom. The van der Waals surface area contributed by atoms with Crippen LogP contribution in [0.3, 0.4) is 0 Å². The van der Waals surface area contributed by atoms with E-state index in [4.69, 9.17) is 10.2 Å². The molecule has 1 aliphatic heterocycles. The van der Waals surface area contributed by atoms with E-state index >= 15 is 0 Å². The van der Waals surface area contributed by atoms with Crippen LogP contribution in [0.15, 0.2) is 16.5 Å². The van der Waals surface area contributed by atoms with Crippen LogP contribution in [-0.4, -0.2) is 30.2 Å². The van der Waals surface area contributed by atoms with E-state index < -0.39 is 12.1 Å². The van der Waals surface area contributed by atoms with E-state index in [0.717, 1.165) is 5.76 Å². The number of rotatable bonds is 3. The second-order valence-electron chi connectivity index (χ2n) is 5.63. The minimum absolute atomic E-state index is 0.00451. The van der Waals surface area contributed by atoms with Crippen molar-refractivity contribution in [1.82, 2.24) is 4.90 Å². The molecular formula is C14H21F3N2O. The van der Waals surface area contributed by atoms with Crippen molar-refractivity contribution in [2.24, 2.45) is 11.7 Å². The number of nitrogens with two attached hydrogens (primary N) is 1. The molecule has 0 bridgehead atoms. The maximum absolute atomic E-state index is 12.9. The minimum Gasteiger partial charge on any atom is -0.465 e. The van der Waals surface area contributed by atoms with Gasteiger partial charge in [0, 0.05) is 12.6 Å². The van der Waals surface area contributed by atoms with Crippen molar-refractivity contribution in [3.05, 3.63) is 23.7 Å². The molecule has 2 heterocycles. The van der Waals surface area contributed by atoms with E-state index in [1.165, 1.54) is 0 Å². The van der Waals surface area contributed by atoms with Gasteiger partial charge < -0.3 is 10.2 Å². The molecule has 0 radical (unpaired) electrons. The van der Waals surface area contributed by atoms with Crippen molar-refractivity contribution in [3.8, 4) is 0 Å². The Labute approximate surface area is 116 Å². The molecule has 0 saturated carbocycles. The maximum atomic E-state index is 12.9. The van der Waals surface area contributed by atoms with Crippen LogP contribution in [0, 0.1) is 12.8 Å². The Morgan fingerprint density at radius 3 is 2.60 bits per heavy atom. The van der Waals surface area contributed by atoms with Crippen LogP contribution < -0.4 is 5.73 Å². The second-order valence-corrected chi connectivity index (χ2v) is 5.63. The maximum Gasteiger partial charge on any atom is 0.393 e. The lowest BCUT2D eigenvalue weighted by Crippen LogP contribution is -2.47. The Kier molecular flexibility index (Phi) is 4.44. The topological polar surface area (TPSA) is 42.4 Å². The number of nitrogens with zero attached hydrogens (tertiary/aromatic N) is 1. The Morgan fingerprint density at radius 2 is 2.10 bits per heavy atom. The summed E-state index contributed by atoms with van der Waals surface area (Å²) in [6.45, 7) is 4.24. The third-order valence-corrected chi connectivity index (χ3v) is 3.86. The van der Waals surface area contributed by atoms with Crippen LogP contribution in [-0.2, 0) is 0 Å². The standard InChI is InChI=1S/C14H21F3N2O/c1-9-5-6-12(20-9)13(10(2)18)19-7-3-4-11(8-19)14(15,16)17/h5-6,10-11,13H,3-4,7-8,18H2,1-2H3. The van der Waals surface area contributed by atoms with Gasteiger partial charge in [-0.3, -0.25) is 4.90 Å². The first-order valence-corrected chi connectivity index (χ1v) is 6.91. The molecular weight excluding hydrogens is 269 g/mol. The largest absolute Gasteiger partial charge is 0.465 e. The molecule has 6 heteroatoms. The monoisotopic (exact) mass is 290 g/mol. The van der Waals surface area contributed by atoms with E-state index in [2.05, 4.69) is 0 Å². The molecule has 3 atom stereocenters. The van der Waals surface area contributed by atoms with Crippen molar-refractivity contribution in [3.63, 3.8) is 0 Å². The fraction of sp³-hybridized carbons (Fsp3) is 0.714. The molecule has 1 saturated heterocycles. The number of furan rings is 1. The molecule has 2 N–H and O–H groups in total. The van der Waals surface area contributed by atoms with Gasteiger partial charge in [-0.1, -0.05) is 0 Å². The first-order valence-electron chi connectivity index (χ1n) is 6.91. The Balaban J connectivity index is 2.17. The van der Waals surface area contributed by atoms with Crippen LogP contribution in [0.25, 0.3) is 0 Å². The van der Waals surface area contributed by atoms with Crippen LogP contribution in [0.5, 0.6) is 0 Å². The van der Waals surface area contributed by atoms with Gasteiger partial charge in [0.25, 0.3) is 0 Å². The van der Waals surface area contributed by atoms with Crippen molar-refractivity contribution >= 4 is 0 Å². The summed E-state index contributed by atoms with van der Waals surface area (Å²) in [5.74, 6) is 0.129. The molecule has 3 nitrogen and oxygen atoms in total. The van der Waals surface area contributed by atoms with Crippen molar-refractivity contribution in [2.45, 2.75) is 44.9 Å². The van der Waals surface area contributed by atoms with Gasteiger partial charge in [0.2, 0.25) is 0 Å². The van der Waals surface area contributed by atoms with Crippen LogP contribution >= 0.6 is 0 Å². The van der Waals surface area contributed by atoms with Crippen LogP contribution in [0.4, 0.5) is 13.2 Å². The molecule has 20 heavy (non-hydrogen) atoms. The predicted molar refractivity (Wildman–Crippen MR) is 70.2 cm³/mol. The van der Waals surface area contributed by atoms with Gasteiger partial charge in [0.1, 0.15) is 11.5 Å². The van der Waals surface area contributed by atoms with Gasteiger partial charge in [0.05, 0.1) is 12.0 Å². The SMILES string of the molecule is Cc1ccc(C(C(C)N)N2CCCC(C(F)(F)F)C2)o1. The van der Waals surface area contributed by atoms with Gasteiger partial charge >= 0.3 is 6.18 Å². The fourth-order valence-electron chi connectivity index (χ4n) is 2.91. The zero-order valence-corrected chi connectivity index (χ0v) is 11.8. The predicted octanol–water partition coefficient (Wildman–Crippen LogP) is 3.25. The fourth-order valence-corrected chi connectivity index (χ4v) is 2.91. The molecule has 1 aromatic heterocycles. The van der Waals surface area contributed by atoms with Gasteiger partial charge in [-0.15, -0.1) is 0 Å². The summed E-state index contributed by atoms with van der Waals surface area (Å²) >= 11 is 0. The first kappa shape index (κ1) is 15.4. The lowest BCUT2D eigenvalue weighted by molar-refractivity contribution is -0.189. The highest BCUT2D eigenvalue weighted by Crippen LogP contribution is 2.37. The summed E-state index contributed by atoms with van der Waals surface area (Å²) in [6.07, 6.45) is -3.41. The third-order valence-electron chi connectivity index (χ3n) is 3.86. The highest BCUT2D eigenvalue weighted by molar-refractivity contribution is 5.12. The molecule has 1 fully saturated rings. The van der Waals surface area contributed by atoms with Crippen LogP contribution in [0.1, 0.15) is 37.3 Å². The molecule has 0 aliphatic carbocycles. The molecule has 0 amide bonds. The van der Waals surface area contributed by atoms with Crippen molar-refractivity contribution in [2.75, 3.05) is 13.1 Å². The highest BCUT2D eigenvalue weighted by Gasteiger charge is 2.43. The minimum atomic E-state index is -4.14. The summed E-state index contributed by atoms with van der Waals surface area (Å²) in [5.41, 5.74) is 5.98. The zero-order valence-electron chi connectivity index (χ0n) is 11.8. The number of hydrogen-bond acceptors (Lipinski definition) is 3.